The number of hydrogen-bond donors (Lipinski definition) is 2. The van der Waals surface area contributed by atoms with E-state index in [1.807, 2.05) is 36.4 Å². The number of carboxylic acids is 2. The molecular weight excluding hydrogens is 280 g/mol. The van der Waals surface area contributed by atoms with E-state index in [4.69, 9.17) is 0 Å². The van der Waals surface area contributed by atoms with Gasteiger partial charge in [-0.1, -0.05) is 67.6 Å². The molecule has 114 valence electrons. The first-order chi connectivity index (χ1) is 10.5. The van der Waals surface area contributed by atoms with E-state index in [9.17, 15) is 19.8 Å². The summed E-state index contributed by atoms with van der Waals surface area (Å²) in [7, 11) is 0. The van der Waals surface area contributed by atoms with Gasteiger partial charge < -0.3 is 10.2 Å². The maximum Gasteiger partial charge on any atom is 0.331 e. The van der Waals surface area contributed by atoms with Gasteiger partial charge in [0.2, 0.25) is 0 Å². The minimum absolute atomic E-state index is 0.123. The van der Waals surface area contributed by atoms with E-state index in [-0.39, 0.29) is 12.0 Å². The first-order valence-corrected chi connectivity index (χ1v) is 7.05. The van der Waals surface area contributed by atoms with Crippen molar-refractivity contribution in [3.05, 3.63) is 65.8 Å². The SMILES string of the molecule is CC1C(C(=O)O)=CC=CC1(CC=Cc1ccccc1)C(=O)O. The van der Waals surface area contributed by atoms with Crippen LogP contribution >= 0.6 is 0 Å². The summed E-state index contributed by atoms with van der Waals surface area (Å²) in [6.45, 7) is 1.65. The van der Waals surface area contributed by atoms with Gasteiger partial charge in [0.1, 0.15) is 0 Å². The highest BCUT2D eigenvalue weighted by atomic mass is 16.4. The number of carbonyl (C=O) groups is 2. The van der Waals surface area contributed by atoms with Crippen LogP contribution in [0.3, 0.4) is 0 Å². The normalized spacial score (nSPS) is 24.2. The second-order valence-corrected chi connectivity index (χ2v) is 5.37. The Morgan fingerprint density at radius 1 is 1.23 bits per heavy atom. The summed E-state index contributed by atoms with van der Waals surface area (Å²) >= 11 is 0. The molecule has 1 aromatic carbocycles. The first kappa shape index (κ1) is 15.8. The Balaban J connectivity index is 2.25. The third-order valence-corrected chi connectivity index (χ3v) is 4.12. The monoisotopic (exact) mass is 298 g/mol. The van der Waals surface area contributed by atoms with Crippen molar-refractivity contribution in [2.24, 2.45) is 11.3 Å². The third kappa shape index (κ3) is 3.01. The highest BCUT2D eigenvalue weighted by Crippen LogP contribution is 2.41. The van der Waals surface area contributed by atoms with Crippen LogP contribution in [0.5, 0.6) is 0 Å². The molecule has 0 spiro atoms. The summed E-state index contributed by atoms with van der Waals surface area (Å²) in [6, 6.07) is 9.56. The molecule has 22 heavy (non-hydrogen) atoms. The average Bonchev–Trinajstić information content (AvgIpc) is 2.49. The van der Waals surface area contributed by atoms with Crippen molar-refractivity contribution in [1.29, 1.82) is 0 Å². The van der Waals surface area contributed by atoms with E-state index in [1.165, 1.54) is 12.2 Å². The van der Waals surface area contributed by atoms with Crippen molar-refractivity contribution in [3.8, 4) is 0 Å². The van der Waals surface area contributed by atoms with Crippen LogP contribution in [-0.4, -0.2) is 22.2 Å². The highest BCUT2D eigenvalue weighted by molar-refractivity contribution is 5.91. The molecular formula is C18H18O4. The van der Waals surface area contributed by atoms with Crippen molar-refractivity contribution in [2.45, 2.75) is 13.3 Å². The van der Waals surface area contributed by atoms with Crippen LogP contribution in [0.15, 0.2) is 60.2 Å². The van der Waals surface area contributed by atoms with Crippen molar-refractivity contribution in [3.63, 3.8) is 0 Å². The van der Waals surface area contributed by atoms with Crippen LogP contribution in [0, 0.1) is 11.3 Å². The second-order valence-electron chi connectivity index (χ2n) is 5.37. The zero-order valence-corrected chi connectivity index (χ0v) is 12.3. The molecule has 0 fully saturated rings. The Labute approximate surface area is 129 Å². The molecule has 0 bridgehead atoms. The molecule has 2 unspecified atom stereocenters. The third-order valence-electron chi connectivity index (χ3n) is 4.12. The van der Waals surface area contributed by atoms with Crippen LogP contribution in [0.25, 0.3) is 6.08 Å². The maximum absolute atomic E-state index is 11.8. The first-order valence-electron chi connectivity index (χ1n) is 7.05. The van der Waals surface area contributed by atoms with Crippen LogP contribution in [0.1, 0.15) is 18.9 Å². The van der Waals surface area contributed by atoms with Crippen LogP contribution in [-0.2, 0) is 9.59 Å². The van der Waals surface area contributed by atoms with E-state index in [1.54, 1.807) is 19.1 Å². The standard InChI is InChI=1S/C18H18O4/c1-13-15(16(19)20)10-6-12-18(13,17(21)22)11-5-9-14-7-3-2-4-8-14/h2-10,12-13H,11H2,1H3,(H,19,20)(H,21,22). The topological polar surface area (TPSA) is 74.6 Å². The van der Waals surface area contributed by atoms with Gasteiger partial charge in [0.25, 0.3) is 0 Å². The molecule has 0 saturated heterocycles. The summed E-state index contributed by atoms with van der Waals surface area (Å²) < 4.78 is 0. The predicted molar refractivity (Wildman–Crippen MR) is 84.2 cm³/mol. The largest absolute Gasteiger partial charge is 0.481 e. The van der Waals surface area contributed by atoms with Gasteiger partial charge in [-0.25, -0.2) is 4.79 Å². The lowest BCUT2D eigenvalue weighted by molar-refractivity contribution is -0.148. The van der Waals surface area contributed by atoms with Crippen molar-refractivity contribution >= 4 is 18.0 Å². The molecule has 0 radical (unpaired) electrons. The summed E-state index contributed by atoms with van der Waals surface area (Å²) in [5.41, 5.74) is -0.129. The Kier molecular flexibility index (Phi) is 4.61. The van der Waals surface area contributed by atoms with Gasteiger partial charge in [0.05, 0.1) is 5.41 Å². The smallest absolute Gasteiger partial charge is 0.331 e. The number of carboxylic acid groups (broad SMARTS) is 2. The summed E-state index contributed by atoms with van der Waals surface area (Å²) in [6.07, 6.45) is 8.45. The van der Waals surface area contributed by atoms with Gasteiger partial charge in [0.15, 0.2) is 0 Å². The lowest BCUT2D eigenvalue weighted by Gasteiger charge is -2.34. The molecule has 4 heteroatoms. The summed E-state index contributed by atoms with van der Waals surface area (Å²) in [5, 5.41) is 18.9. The Morgan fingerprint density at radius 2 is 1.91 bits per heavy atom. The molecule has 4 nitrogen and oxygen atoms in total. The Hall–Kier alpha value is -2.62. The maximum atomic E-state index is 11.8. The quantitative estimate of drug-likeness (QED) is 0.874. The van der Waals surface area contributed by atoms with Crippen molar-refractivity contribution in [2.75, 3.05) is 0 Å². The fourth-order valence-electron chi connectivity index (χ4n) is 2.69. The molecule has 1 aliphatic rings. The molecule has 0 heterocycles. The van der Waals surface area contributed by atoms with Gasteiger partial charge in [-0.15, -0.1) is 0 Å². The molecule has 1 aromatic rings. The number of benzene rings is 1. The van der Waals surface area contributed by atoms with E-state index < -0.39 is 23.3 Å². The average molecular weight is 298 g/mol. The molecule has 2 rings (SSSR count). The van der Waals surface area contributed by atoms with Crippen molar-refractivity contribution < 1.29 is 19.8 Å². The van der Waals surface area contributed by atoms with Crippen LogP contribution in [0.4, 0.5) is 0 Å². The molecule has 1 aliphatic carbocycles. The number of aliphatic carboxylic acids is 2. The van der Waals surface area contributed by atoms with Gasteiger partial charge in [-0.2, -0.15) is 0 Å². The minimum Gasteiger partial charge on any atom is -0.481 e. The van der Waals surface area contributed by atoms with Crippen LogP contribution < -0.4 is 0 Å². The molecule has 0 aromatic heterocycles. The fraction of sp³-hybridized carbons (Fsp3) is 0.222. The Morgan fingerprint density at radius 3 is 2.50 bits per heavy atom. The van der Waals surface area contributed by atoms with E-state index >= 15 is 0 Å². The van der Waals surface area contributed by atoms with Crippen LogP contribution in [0.2, 0.25) is 0 Å². The predicted octanol–water partition coefficient (Wildman–Crippen LogP) is 3.38. The minimum atomic E-state index is -1.23. The van der Waals surface area contributed by atoms with Crippen molar-refractivity contribution in [1.82, 2.24) is 0 Å². The lowest BCUT2D eigenvalue weighted by Crippen LogP contribution is -2.39. The molecule has 0 saturated carbocycles. The number of hydrogen-bond acceptors (Lipinski definition) is 2. The Bertz CT molecular complexity index is 655. The molecule has 0 aliphatic heterocycles. The summed E-state index contributed by atoms with van der Waals surface area (Å²) in [4.78, 5) is 23.0. The highest BCUT2D eigenvalue weighted by Gasteiger charge is 2.44. The second kappa shape index (κ2) is 6.43. The molecule has 2 N–H and O–H groups in total. The zero-order valence-electron chi connectivity index (χ0n) is 12.3. The zero-order chi connectivity index (χ0) is 16.2. The van der Waals surface area contributed by atoms with Gasteiger partial charge >= 0.3 is 11.9 Å². The van der Waals surface area contributed by atoms with E-state index in [0.29, 0.717) is 0 Å². The summed E-state index contributed by atoms with van der Waals surface area (Å²) in [5.74, 6) is -2.69. The van der Waals surface area contributed by atoms with Gasteiger partial charge in [-0.3, -0.25) is 4.79 Å². The van der Waals surface area contributed by atoms with Gasteiger partial charge in [0, 0.05) is 11.5 Å². The van der Waals surface area contributed by atoms with Gasteiger partial charge in [-0.05, 0) is 12.0 Å². The molecule has 2 atom stereocenters. The fourth-order valence-corrected chi connectivity index (χ4v) is 2.69. The van der Waals surface area contributed by atoms with E-state index in [2.05, 4.69) is 0 Å². The number of rotatable bonds is 5. The molecule has 0 amide bonds. The number of allylic oxidation sites excluding steroid dienone is 3. The van der Waals surface area contributed by atoms with E-state index in [0.717, 1.165) is 5.56 Å². The lowest BCUT2D eigenvalue weighted by atomic mass is 9.68.